The average molecular weight is 471 g/mol. The van der Waals surface area contributed by atoms with E-state index in [0.717, 1.165) is 12.8 Å². The first-order valence-electron chi connectivity index (χ1n) is 11.7. The van der Waals surface area contributed by atoms with Crippen molar-refractivity contribution in [1.82, 2.24) is 19.8 Å². The van der Waals surface area contributed by atoms with E-state index < -0.39 is 11.4 Å². The number of likely N-dealkylation sites (tertiary alicyclic amines) is 1. The van der Waals surface area contributed by atoms with E-state index in [9.17, 15) is 18.8 Å². The van der Waals surface area contributed by atoms with Gasteiger partial charge in [-0.25, -0.2) is 9.37 Å². The number of hydrogen-bond donors (Lipinski definition) is 1. The zero-order chi connectivity index (χ0) is 24.3. The number of methoxy groups -OCH3 is 1. The molecule has 2 saturated heterocycles. The number of carbonyl (C=O) groups excluding carboxylic acids is 3. The molecule has 0 spiro atoms. The van der Waals surface area contributed by atoms with Crippen molar-refractivity contribution in [3.8, 4) is 5.75 Å². The molecule has 34 heavy (non-hydrogen) atoms. The third-order valence-corrected chi connectivity index (χ3v) is 7.03. The van der Waals surface area contributed by atoms with Crippen LogP contribution in [0.3, 0.4) is 0 Å². The van der Waals surface area contributed by atoms with Gasteiger partial charge in [0.25, 0.3) is 0 Å². The van der Waals surface area contributed by atoms with Crippen LogP contribution in [-0.2, 0) is 23.1 Å². The number of nitrogens with one attached hydrogen (secondary N) is 1. The number of amides is 2. The van der Waals surface area contributed by atoms with Gasteiger partial charge in [-0.05, 0) is 43.7 Å². The molecule has 0 aliphatic carbocycles. The molecule has 182 valence electrons. The highest BCUT2D eigenvalue weighted by Gasteiger charge is 2.39. The van der Waals surface area contributed by atoms with Gasteiger partial charge in [0, 0.05) is 62.9 Å². The number of Topliss-reactive ketones (excluding diaryl/α,β-unsaturated/α-hetero) is 1. The molecule has 2 aliphatic rings. The lowest BCUT2D eigenvalue weighted by molar-refractivity contribution is -0.133. The molecular weight excluding hydrogens is 439 g/mol. The van der Waals surface area contributed by atoms with Crippen LogP contribution in [0.4, 0.5) is 4.39 Å². The van der Waals surface area contributed by atoms with Crippen molar-refractivity contribution >= 4 is 17.6 Å². The third-order valence-electron chi connectivity index (χ3n) is 7.03. The number of halogens is 1. The van der Waals surface area contributed by atoms with Gasteiger partial charge in [-0.15, -0.1) is 0 Å². The third kappa shape index (κ3) is 5.13. The largest absolute Gasteiger partial charge is 0.497 e. The predicted molar refractivity (Wildman–Crippen MR) is 123 cm³/mol. The van der Waals surface area contributed by atoms with Gasteiger partial charge >= 0.3 is 0 Å². The SMILES string of the molecule is COc1ccc(CC2(CCC(=O)N3CCCC(C(=O)c4nccn4C)C3)CCC(=O)N2)c(F)c1. The van der Waals surface area contributed by atoms with Gasteiger partial charge in [-0.2, -0.15) is 0 Å². The molecule has 1 N–H and O–H groups in total. The maximum atomic E-state index is 14.6. The van der Waals surface area contributed by atoms with Crippen LogP contribution in [-0.4, -0.2) is 57.8 Å². The topological polar surface area (TPSA) is 93.5 Å². The first-order valence-corrected chi connectivity index (χ1v) is 11.7. The van der Waals surface area contributed by atoms with Crippen molar-refractivity contribution in [1.29, 1.82) is 0 Å². The minimum atomic E-state index is -0.667. The number of ketones is 1. The molecule has 2 aliphatic heterocycles. The molecule has 4 rings (SSSR count). The van der Waals surface area contributed by atoms with Crippen LogP contribution in [0.1, 0.15) is 54.7 Å². The van der Waals surface area contributed by atoms with Crippen LogP contribution < -0.4 is 10.1 Å². The molecule has 2 fully saturated rings. The molecule has 2 aromatic rings. The summed E-state index contributed by atoms with van der Waals surface area (Å²) in [6.45, 7) is 0.979. The van der Waals surface area contributed by atoms with Crippen LogP contribution in [0, 0.1) is 11.7 Å². The second kappa shape index (κ2) is 9.95. The minimum absolute atomic E-state index is 0.0421. The first kappa shape index (κ1) is 23.9. The molecule has 2 amide bonds. The lowest BCUT2D eigenvalue weighted by Crippen LogP contribution is -2.46. The van der Waals surface area contributed by atoms with Crippen molar-refractivity contribution in [2.45, 2.75) is 50.5 Å². The van der Waals surface area contributed by atoms with Gasteiger partial charge < -0.3 is 19.5 Å². The average Bonchev–Trinajstić information content (AvgIpc) is 3.43. The molecule has 0 saturated carbocycles. The van der Waals surface area contributed by atoms with Crippen molar-refractivity contribution < 1.29 is 23.5 Å². The first-order chi connectivity index (χ1) is 16.3. The standard InChI is InChI=1S/C25H31FN4O4/c1-29-13-11-27-24(29)23(33)18-4-3-12-30(16-18)22(32)8-10-25(9-7-21(31)28-25)15-17-5-6-19(34-2)14-20(17)26/h5-6,11,13-14,18H,3-4,7-10,12,15-16H2,1-2H3,(H,28,31). The normalized spacial score (nSPS) is 22.5. The van der Waals surface area contributed by atoms with Gasteiger partial charge in [0.2, 0.25) is 17.6 Å². The summed E-state index contributed by atoms with van der Waals surface area (Å²) in [7, 11) is 3.26. The van der Waals surface area contributed by atoms with Gasteiger partial charge in [0.15, 0.2) is 5.82 Å². The van der Waals surface area contributed by atoms with E-state index in [1.54, 1.807) is 41.0 Å². The molecule has 8 nitrogen and oxygen atoms in total. The minimum Gasteiger partial charge on any atom is -0.497 e. The lowest BCUT2D eigenvalue weighted by Gasteiger charge is -2.34. The lowest BCUT2D eigenvalue weighted by atomic mass is 9.84. The maximum absolute atomic E-state index is 14.6. The van der Waals surface area contributed by atoms with E-state index in [4.69, 9.17) is 4.74 Å². The summed E-state index contributed by atoms with van der Waals surface area (Å²) in [5.41, 5.74) is -0.186. The Bertz CT molecular complexity index is 1080. The molecule has 2 unspecified atom stereocenters. The Hall–Kier alpha value is -3.23. The highest BCUT2D eigenvalue weighted by Crippen LogP contribution is 2.32. The van der Waals surface area contributed by atoms with E-state index in [1.807, 2.05) is 0 Å². The summed E-state index contributed by atoms with van der Waals surface area (Å²) >= 11 is 0. The van der Waals surface area contributed by atoms with Gasteiger partial charge in [0.05, 0.1) is 7.11 Å². The fourth-order valence-corrected chi connectivity index (χ4v) is 5.05. The molecule has 1 aromatic heterocycles. The fraction of sp³-hybridized carbons (Fsp3) is 0.520. The molecule has 9 heteroatoms. The van der Waals surface area contributed by atoms with Crippen LogP contribution >= 0.6 is 0 Å². The van der Waals surface area contributed by atoms with E-state index in [0.29, 0.717) is 55.9 Å². The summed E-state index contributed by atoms with van der Waals surface area (Å²) in [6, 6.07) is 4.69. The fourth-order valence-electron chi connectivity index (χ4n) is 5.05. The summed E-state index contributed by atoms with van der Waals surface area (Å²) in [6.07, 6.45) is 6.67. The van der Waals surface area contributed by atoms with Crippen molar-refractivity contribution in [2.75, 3.05) is 20.2 Å². The summed E-state index contributed by atoms with van der Waals surface area (Å²) in [5.74, 6) is 0.00645. The second-order valence-electron chi connectivity index (χ2n) is 9.37. The van der Waals surface area contributed by atoms with E-state index in [-0.39, 0.29) is 29.9 Å². The van der Waals surface area contributed by atoms with Gasteiger partial charge in [-0.3, -0.25) is 14.4 Å². The molecular formula is C25H31FN4O4. The Balaban J connectivity index is 1.40. The Kier molecular flexibility index (Phi) is 7.00. The van der Waals surface area contributed by atoms with E-state index in [2.05, 4.69) is 10.3 Å². The Morgan fingerprint density at radius 1 is 1.35 bits per heavy atom. The molecule has 0 bridgehead atoms. The highest BCUT2D eigenvalue weighted by atomic mass is 19.1. The van der Waals surface area contributed by atoms with Gasteiger partial charge in [-0.1, -0.05) is 6.07 Å². The monoisotopic (exact) mass is 470 g/mol. The van der Waals surface area contributed by atoms with Crippen LogP contribution in [0.15, 0.2) is 30.6 Å². The van der Waals surface area contributed by atoms with Crippen molar-refractivity contribution in [3.63, 3.8) is 0 Å². The Labute approximate surface area is 198 Å². The zero-order valence-corrected chi connectivity index (χ0v) is 19.7. The number of benzene rings is 1. The molecule has 3 heterocycles. The number of imidazole rings is 1. The smallest absolute Gasteiger partial charge is 0.222 e. The molecule has 2 atom stereocenters. The zero-order valence-electron chi connectivity index (χ0n) is 19.7. The number of nitrogens with zero attached hydrogens (tertiary/aromatic N) is 3. The summed E-state index contributed by atoms with van der Waals surface area (Å²) < 4.78 is 21.4. The quantitative estimate of drug-likeness (QED) is 0.599. The van der Waals surface area contributed by atoms with Gasteiger partial charge in [0.1, 0.15) is 11.6 Å². The maximum Gasteiger partial charge on any atom is 0.222 e. The van der Waals surface area contributed by atoms with E-state index >= 15 is 0 Å². The summed E-state index contributed by atoms with van der Waals surface area (Å²) in [4.78, 5) is 43.9. The molecule has 0 radical (unpaired) electrons. The second-order valence-corrected chi connectivity index (χ2v) is 9.37. The number of ether oxygens (including phenoxy) is 1. The summed E-state index contributed by atoms with van der Waals surface area (Å²) in [5, 5.41) is 3.01. The number of aryl methyl sites for hydroxylation is 1. The van der Waals surface area contributed by atoms with E-state index in [1.165, 1.54) is 13.2 Å². The Morgan fingerprint density at radius 2 is 2.18 bits per heavy atom. The molecule has 1 aromatic carbocycles. The number of piperidine rings is 1. The number of hydrogen-bond acceptors (Lipinski definition) is 5. The highest BCUT2D eigenvalue weighted by molar-refractivity contribution is 5.95. The number of carbonyl (C=O) groups is 3. The van der Waals surface area contributed by atoms with Crippen molar-refractivity contribution in [2.24, 2.45) is 13.0 Å². The predicted octanol–water partition coefficient (Wildman–Crippen LogP) is 2.66. The van der Waals surface area contributed by atoms with Crippen LogP contribution in [0.25, 0.3) is 0 Å². The van der Waals surface area contributed by atoms with Crippen LogP contribution in [0.5, 0.6) is 5.75 Å². The Morgan fingerprint density at radius 3 is 2.82 bits per heavy atom. The number of aromatic nitrogens is 2. The van der Waals surface area contributed by atoms with Crippen LogP contribution in [0.2, 0.25) is 0 Å². The number of rotatable bonds is 8. The van der Waals surface area contributed by atoms with Crippen molar-refractivity contribution in [3.05, 3.63) is 47.8 Å².